The predicted octanol–water partition coefficient (Wildman–Crippen LogP) is 3.97. The van der Waals surface area contributed by atoms with E-state index in [4.69, 9.17) is 0 Å². The number of anilines is 1. The van der Waals surface area contributed by atoms with Gasteiger partial charge < -0.3 is 4.52 Å². The number of benzene rings is 2. The fraction of sp³-hybridized carbons (Fsp3) is 0.0625. The fourth-order valence-corrected chi connectivity index (χ4v) is 2.72. The first-order valence-electron chi connectivity index (χ1n) is 7.00. The van der Waals surface area contributed by atoms with Crippen LogP contribution in [-0.4, -0.2) is 13.6 Å². The van der Waals surface area contributed by atoms with Gasteiger partial charge in [0.25, 0.3) is 0 Å². The van der Waals surface area contributed by atoms with Gasteiger partial charge in [-0.15, -0.1) is 0 Å². The standard InChI is InChI=1S/C16H11F3N2O3S/c17-16(18,19)15-13(10-6-8-12(9-7-10)21-25(22)23)14(20-24-15)11-4-2-1-3-5-11/h1-9,25H,(H,21,22,23). The average Bonchev–Trinajstić information content (AvgIpc) is 3.01. The lowest BCUT2D eigenvalue weighted by molar-refractivity contribution is -0.154. The third-order valence-corrected chi connectivity index (χ3v) is 3.83. The molecule has 3 rings (SSSR count). The van der Waals surface area contributed by atoms with Crippen LogP contribution in [0.15, 0.2) is 59.1 Å². The van der Waals surface area contributed by atoms with Crippen molar-refractivity contribution in [2.45, 2.75) is 6.18 Å². The Bertz CT molecular complexity index is 941. The first-order chi connectivity index (χ1) is 11.9. The van der Waals surface area contributed by atoms with Gasteiger partial charge in [-0.3, -0.25) is 4.72 Å². The number of nitrogens with one attached hydrogen (secondary N) is 1. The molecule has 130 valence electrons. The van der Waals surface area contributed by atoms with Crippen LogP contribution in [0.5, 0.6) is 0 Å². The quantitative estimate of drug-likeness (QED) is 0.684. The molecule has 1 N–H and O–H groups in total. The van der Waals surface area contributed by atoms with Gasteiger partial charge in [0, 0.05) is 11.3 Å². The number of thiol groups is 1. The Balaban J connectivity index is 2.14. The van der Waals surface area contributed by atoms with E-state index in [0.717, 1.165) is 0 Å². The highest BCUT2D eigenvalue weighted by Gasteiger charge is 2.41. The highest BCUT2D eigenvalue weighted by molar-refractivity contribution is 7.73. The number of nitrogens with zero attached hydrogens (tertiary/aromatic N) is 1. The van der Waals surface area contributed by atoms with Crippen LogP contribution in [0.25, 0.3) is 22.4 Å². The third kappa shape index (κ3) is 3.66. The van der Waals surface area contributed by atoms with E-state index in [1.54, 1.807) is 30.3 Å². The average molecular weight is 368 g/mol. The van der Waals surface area contributed by atoms with Gasteiger partial charge in [-0.2, -0.15) is 13.2 Å². The van der Waals surface area contributed by atoms with E-state index in [2.05, 4.69) is 14.4 Å². The first kappa shape index (κ1) is 17.0. The molecule has 0 saturated heterocycles. The Morgan fingerprint density at radius 1 is 0.920 bits per heavy atom. The summed E-state index contributed by atoms with van der Waals surface area (Å²) in [6.07, 6.45) is -4.72. The van der Waals surface area contributed by atoms with Crippen LogP contribution in [0.3, 0.4) is 0 Å². The van der Waals surface area contributed by atoms with E-state index in [1.807, 2.05) is 0 Å². The largest absolute Gasteiger partial charge is 0.453 e. The van der Waals surface area contributed by atoms with Crippen molar-refractivity contribution in [1.82, 2.24) is 5.16 Å². The van der Waals surface area contributed by atoms with E-state index >= 15 is 0 Å². The summed E-state index contributed by atoms with van der Waals surface area (Å²) in [4.78, 5) is 0. The minimum absolute atomic E-state index is 0.0588. The SMILES string of the molecule is O=[SH](=O)Nc1ccc(-c2c(-c3ccccc3)noc2C(F)(F)F)cc1. The Labute approximate surface area is 142 Å². The Kier molecular flexibility index (Phi) is 4.49. The molecule has 0 spiro atoms. The molecule has 2 aromatic carbocycles. The van der Waals surface area contributed by atoms with Crippen molar-refractivity contribution in [3.63, 3.8) is 0 Å². The molecule has 1 aromatic heterocycles. The molecule has 0 aliphatic heterocycles. The van der Waals surface area contributed by atoms with Crippen molar-refractivity contribution in [1.29, 1.82) is 0 Å². The van der Waals surface area contributed by atoms with Gasteiger partial charge in [-0.1, -0.05) is 47.6 Å². The van der Waals surface area contributed by atoms with Crippen molar-refractivity contribution < 1.29 is 26.1 Å². The number of aromatic nitrogens is 1. The van der Waals surface area contributed by atoms with Crippen LogP contribution >= 0.6 is 0 Å². The van der Waals surface area contributed by atoms with Gasteiger partial charge in [0.1, 0.15) is 5.69 Å². The Morgan fingerprint density at radius 3 is 2.12 bits per heavy atom. The van der Waals surface area contributed by atoms with Crippen LogP contribution in [-0.2, 0) is 17.1 Å². The predicted molar refractivity (Wildman–Crippen MR) is 86.3 cm³/mol. The van der Waals surface area contributed by atoms with Gasteiger partial charge in [0.05, 0.1) is 5.56 Å². The number of alkyl halides is 3. The van der Waals surface area contributed by atoms with Crippen molar-refractivity contribution in [2.75, 3.05) is 4.72 Å². The minimum atomic E-state index is -4.72. The van der Waals surface area contributed by atoms with Crippen molar-refractivity contribution in [3.05, 3.63) is 60.4 Å². The third-order valence-electron chi connectivity index (χ3n) is 3.39. The maximum Gasteiger partial charge on any atom is 0.453 e. The Hall–Kier alpha value is -2.81. The summed E-state index contributed by atoms with van der Waals surface area (Å²) in [6.45, 7) is 0. The normalized spacial score (nSPS) is 11.7. The second kappa shape index (κ2) is 6.60. The topological polar surface area (TPSA) is 72.2 Å². The lowest BCUT2D eigenvalue weighted by Crippen LogP contribution is -2.05. The lowest BCUT2D eigenvalue weighted by Gasteiger charge is -2.08. The summed E-state index contributed by atoms with van der Waals surface area (Å²) < 4.78 is 67.9. The highest BCUT2D eigenvalue weighted by atomic mass is 32.2. The minimum Gasteiger partial charge on any atom is -0.350 e. The second-order valence-electron chi connectivity index (χ2n) is 5.05. The summed E-state index contributed by atoms with van der Waals surface area (Å²) in [6, 6.07) is 13.8. The molecule has 0 atom stereocenters. The van der Waals surface area contributed by atoms with Gasteiger partial charge in [-0.05, 0) is 17.7 Å². The van der Waals surface area contributed by atoms with Crippen molar-refractivity contribution >= 4 is 16.6 Å². The van der Waals surface area contributed by atoms with E-state index in [9.17, 15) is 21.6 Å². The van der Waals surface area contributed by atoms with E-state index < -0.39 is 22.8 Å². The molecule has 0 fully saturated rings. The maximum atomic E-state index is 13.3. The molecular formula is C16H11F3N2O3S. The summed E-state index contributed by atoms with van der Waals surface area (Å²) in [5.74, 6) is -1.21. The first-order valence-corrected chi connectivity index (χ1v) is 8.18. The molecular weight excluding hydrogens is 357 g/mol. The van der Waals surface area contributed by atoms with E-state index in [1.165, 1.54) is 24.3 Å². The molecule has 0 saturated carbocycles. The van der Waals surface area contributed by atoms with E-state index in [0.29, 0.717) is 5.56 Å². The lowest BCUT2D eigenvalue weighted by atomic mass is 9.99. The zero-order chi connectivity index (χ0) is 18.0. The van der Waals surface area contributed by atoms with E-state index in [-0.39, 0.29) is 22.5 Å². The molecule has 3 aromatic rings. The zero-order valence-corrected chi connectivity index (χ0v) is 13.3. The van der Waals surface area contributed by atoms with Crippen LogP contribution in [0.1, 0.15) is 5.76 Å². The molecule has 0 aliphatic carbocycles. The van der Waals surface area contributed by atoms with Gasteiger partial charge in [0.15, 0.2) is 0 Å². The fourth-order valence-electron chi connectivity index (χ4n) is 2.36. The number of hydrogen-bond acceptors (Lipinski definition) is 4. The summed E-state index contributed by atoms with van der Waals surface area (Å²) in [5, 5.41) is 3.59. The van der Waals surface area contributed by atoms with Crippen LogP contribution in [0.4, 0.5) is 18.9 Å². The molecule has 5 nitrogen and oxygen atoms in total. The number of halogens is 3. The molecule has 0 radical (unpaired) electrons. The molecule has 0 aliphatic rings. The van der Waals surface area contributed by atoms with Crippen LogP contribution < -0.4 is 4.72 Å². The summed E-state index contributed by atoms with van der Waals surface area (Å²) in [5.41, 5.74) is 0.784. The summed E-state index contributed by atoms with van der Waals surface area (Å²) in [7, 11) is -2.86. The zero-order valence-electron chi connectivity index (χ0n) is 12.4. The molecule has 0 unspecified atom stereocenters. The van der Waals surface area contributed by atoms with Crippen LogP contribution in [0.2, 0.25) is 0 Å². The van der Waals surface area contributed by atoms with Gasteiger partial charge in [-0.25, -0.2) is 8.42 Å². The molecule has 25 heavy (non-hydrogen) atoms. The van der Waals surface area contributed by atoms with Gasteiger partial charge >= 0.3 is 6.18 Å². The molecule has 1 heterocycles. The molecule has 0 bridgehead atoms. The Morgan fingerprint density at radius 2 is 1.56 bits per heavy atom. The van der Waals surface area contributed by atoms with Gasteiger partial charge in [0.2, 0.25) is 16.7 Å². The maximum absolute atomic E-state index is 13.3. The van der Waals surface area contributed by atoms with Crippen LogP contribution in [0, 0.1) is 0 Å². The smallest absolute Gasteiger partial charge is 0.350 e. The monoisotopic (exact) mass is 368 g/mol. The molecule has 0 amide bonds. The highest BCUT2D eigenvalue weighted by Crippen LogP contribution is 2.42. The second-order valence-corrected chi connectivity index (χ2v) is 5.78. The summed E-state index contributed by atoms with van der Waals surface area (Å²) >= 11 is 0. The van der Waals surface area contributed by atoms with Crippen molar-refractivity contribution in [2.24, 2.45) is 0 Å². The number of rotatable bonds is 4. The number of hydrogen-bond donors (Lipinski definition) is 2. The molecule has 9 heteroatoms. The van der Waals surface area contributed by atoms with Crippen molar-refractivity contribution in [3.8, 4) is 22.4 Å².